The molecule has 7 nitrogen and oxygen atoms in total. The molecule has 2 heterocycles. The van der Waals surface area contributed by atoms with Crippen molar-refractivity contribution in [1.82, 2.24) is 10.2 Å². The quantitative estimate of drug-likeness (QED) is 0.761. The van der Waals surface area contributed by atoms with Crippen LogP contribution in [0.5, 0.6) is 17.2 Å². The average Bonchev–Trinajstić information content (AvgIpc) is 3.16. The molecule has 0 spiro atoms. The monoisotopic (exact) mass is 369 g/mol. The van der Waals surface area contributed by atoms with E-state index in [1.165, 1.54) is 11.3 Å². The van der Waals surface area contributed by atoms with Gasteiger partial charge in [0.1, 0.15) is 17.4 Å². The second-order valence-corrected chi connectivity index (χ2v) is 6.47. The molecule has 3 aromatic rings. The van der Waals surface area contributed by atoms with Crippen molar-refractivity contribution in [2.45, 2.75) is 6.10 Å². The van der Waals surface area contributed by atoms with E-state index in [9.17, 15) is 4.79 Å². The second-order valence-electron chi connectivity index (χ2n) is 5.49. The molecule has 1 aromatic heterocycles. The minimum absolute atomic E-state index is 0.146. The van der Waals surface area contributed by atoms with Crippen molar-refractivity contribution in [3.8, 4) is 27.8 Å². The Morgan fingerprint density at radius 3 is 2.69 bits per heavy atom. The van der Waals surface area contributed by atoms with Gasteiger partial charge in [-0.25, -0.2) is 0 Å². The van der Waals surface area contributed by atoms with Crippen molar-refractivity contribution in [2.75, 3.05) is 19.0 Å². The maximum Gasteiger partial charge on any atom is 0.270 e. The van der Waals surface area contributed by atoms with Gasteiger partial charge in [-0.05, 0) is 36.4 Å². The lowest BCUT2D eigenvalue weighted by Crippen LogP contribution is -2.40. The first-order chi connectivity index (χ1) is 12.7. The van der Waals surface area contributed by atoms with Crippen LogP contribution < -0.4 is 19.5 Å². The Hall–Kier alpha value is -3.13. The Morgan fingerprint density at radius 1 is 1.15 bits per heavy atom. The Kier molecular flexibility index (Phi) is 4.40. The highest BCUT2D eigenvalue weighted by Gasteiger charge is 2.28. The molecule has 1 amide bonds. The van der Waals surface area contributed by atoms with Gasteiger partial charge in [-0.3, -0.25) is 10.1 Å². The van der Waals surface area contributed by atoms with Gasteiger partial charge in [0.25, 0.3) is 5.91 Å². The third-order valence-electron chi connectivity index (χ3n) is 3.79. The molecule has 2 aromatic carbocycles. The number of carbonyl (C=O) groups excluding carboxylic acids is 1. The average molecular weight is 369 g/mol. The lowest BCUT2D eigenvalue weighted by atomic mass is 10.2. The lowest BCUT2D eigenvalue weighted by Gasteiger charge is -2.25. The van der Waals surface area contributed by atoms with E-state index in [4.69, 9.17) is 14.2 Å². The van der Waals surface area contributed by atoms with E-state index >= 15 is 0 Å². The summed E-state index contributed by atoms with van der Waals surface area (Å²) in [6.07, 6.45) is -0.738. The van der Waals surface area contributed by atoms with Gasteiger partial charge in [0.2, 0.25) is 11.2 Å². The predicted octanol–water partition coefficient (Wildman–Crippen LogP) is 2.99. The molecule has 132 valence electrons. The normalized spacial score (nSPS) is 15.3. The number of hydrogen-bond acceptors (Lipinski definition) is 7. The molecular formula is C18H15N3O4S. The van der Waals surface area contributed by atoms with Crippen molar-refractivity contribution < 1.29 is 19.0 Å². The fourth-order valence-electron chi connectivity index (χ4n) is 2.46. The number of aromatic nitrogens is 2. The molecule has 0 saturated carbocycles. The highest BCUT2D eigenvalue weighted by atomic mass is 32.1. The molecule has 0 aliphatic carbocycles. The zero-order valence-electron chi connectivity index (χ0n) is 13.8. The number of methoxy groups -OCH3 is 1. The molecule has 26 heavy (non-hydrogen) atoms. The molecule has 0 unspecified atom stereocenters. The number of hydrogen-bond donors (Lipinski definition) is 1. The number of fused-ring (bicyclic) bond motifs is 1. The summed E-state index contributed by atoms with van der Waals surface area (Å²) >= 11 is 1.29. The van der Waals surface area contributed by atoms with Crippen molar-refractivity contribution in [3.05, 3.63) is 48.5 Å². The van der Waals surface area contributed by atoms with E-state index in [-0.39, 0.29) is 12.5 Å². The fraction of sp³-hybridized carbons (Fsp3) is 0.167. The maximum absolute atomic E-state index is 12.4. The third-order valence-corrected chi connectivity index (χ3v) is 4.68. The van der Waals surface area contributed by atoms with Crippen LogP contribution in [0.4, 0.5) is 5.13 Å². The van der Waals surface area contributed by atoms with Crippen LogP contribution in [0.3, 0.4) is 0 Å². The van der Waals surface area contributed by atoms with Crippen LogP contribution in [0.1, 0.15) is 0 Å². The van der Waals surface area contributed by atoms with Crippen molar-refractivity contribution in [1.29, 1.82) is 0 Å². The van der Waals surface area contributed by atoms with E-state index in [2.05, 4.69) is 15.5 Å². The number of nitrogens with one attached hydrogen (secondary N) is 1. The molecule has 0 saturated heterocycles. The predicted molar refractivity (Wildman–Crippen MR) is 96.9 cm³/mol. The molecule has 0 radical (unpaired) electrons. The molecule has 1 aliphatic heterocycles. The number of anilines is 1. The van der Waals surface area contributed by atoms with Crippen LogP contribution in [-0.2, 0) is 4.79 Å². The van der Waals surface area contributed by atoms with Crippen LogP contribution in [-0.4, -0.2) is 35.9 Å². The van der Waals surface area contributed by atoms with E-state index in [1.807, 2.05) is 36.4 Å². The van der Waals surface area contributed by atoms with Gasteiger partial charge in [0.15, 0.2) is 11.5 Å². The van der Waals surface area contributed by atoms with Crippen LogP contribution in [0.25, 0.3) is 10.6 Å². The van der Waals surface area contributed by atoms with Crippen molar-refractivity contribution in [3.63, 3.8) is 0 Å². The second kappa shape index (κ2) is 7.01. The van der Waals surface area contributed by atoms with E-state index in [1.54, 1.807) is 19.2 Å². The van der Waals surface area contributed by atoms with E-state index in [0.29, 0.717) is 21.6 Å². The summed E-state index contributed by atoms with van der Waals surface area (Å²) in [5.41, 5.74) is 0.898. The smallest absolute Gasteiger partial charge is 0.270 e. The summed E-state index contributed by atoms with van der Waals surface area (Å²) in [6.45, 7) is 0.146. The SMILES string of the molecule is COc1ccc(-c2nnc(NC(=O)[C@@H]3COc4ccccc4O3)s2)cc1. The minimum atomic E-state index is -0.738. The summed E-state index contributed by atoms with van der Waals surface area (Å²) in [7, 11) is 1.61. The Morgan fingerprint density at radius 2 is 1.92 bits per heavy atom. The van der Waals surface area contributed by atoms with Gasteiger partial charge < -0.3 is 14.2 Å². The zero-order valence-corrected chi connectivity index (χ0v) is 14.7. The van der Waals surface area contributed by atoms with Gasteiger partial charge in [-0.2, -0.15) is 0 Å². The van der Waals surface area contributed by atoms with Gasteiger partial charge >= 0.3 is 0 Å². The van der Waals surface area contributed by atoms with Crippen LogP contribution in [0.2, 0.25) is 0 Å². The first-order valence-corrected chi connectivity index (χ1v) is 8.72. The Balaban J connectivity index is 1.43. The Bertz CT molecular complexity index is 926. The maximum atomic E-state index is 12.4. The van der Waals surface area contributed by atoms with E-state index in [0.717, 1.165) is 11.3 Å². The molecule has 1 aliphatic rings. The molecule has 1 atom stereocenters. The highest BCUT2D eigenvalue weighted by Crippen LogP contribution is 2.32. The zero-order chi connectivity index (χ0) is 17.9. The van der Waals surface area contributed by atoms with E-state index < -0.39 is 6.10 Å². The summed E-state index contributed by atoms with van der Waals surface area (Å²) in [6, 6.07) is 14.7. The number of nitrogens with zero attached hydrogens (tertiary/aromatic N) is 2. The first kappa shape index (κ1) is 16.3. The van der Waals surface area contributed by atoms with Gasteiger partial charge in [0.05, 0.1) is 7.11 Å². The minimum Gasteiger partial charge on any atom is -0.497 e. The Labute approximate surface area is 153 Å². The van der Waals surface area contributed by atoms with Gasteiger partial charge in [0, 0.05) is 5.56 Å². The number of amides is 1. The number of para-hydroxylation sites is 2. The van der Waals surface area contributed by atoms with Crippen LogP contribution in [0, 0.1) is 0 Å². The van der Waals surface area contributed by atoms with Crippen LogP contribution in [0.15, 0.2) is 48.5 Å². The molecule has 8 heteroatoms. The fourth-order valence-corrected chi connectivity index (χ4v) is 3.21. The first-order valence-electron chi connectivity index (χ1n) is 7.90. The van der Waals surface area contributed by atoms with Gasteiger partial charge in [-0.1, -0.05) is 23.5 Å². The molecule has 0 fully saturated rings. The molecule has 4 rings (SSSR count). The standard InChI is InChI=1S/C18H15N3O4S/c1-23-12-8-6-11(7-9-12)17-20-21-18(26-17)19-16(22)15-10-24-13-4-2-3-5-14(13)25-15/h2-9,15H,10H2,1H3,(H,19,21,22)/t15-/m0/s1. The largest absolute Gasteiger partial charge is 0.497 e. The highest BCUT2D eigenvalue weighted by molar-refractivity contribution is 7.18. The summed E-state index contributed by atoms with van der Waals surface area (Å²) in [4.78, 5) is 12.4. The van der Waals surface area contributed by atoms with Crippen LogP contribution >= 0.6 is 11.3 Å². The number of rotatable bonds is 4. The van der Waals surface area contributed by atoms with Crippen molar-refractivity contribution >= 4 is 22.4 Å². The molecule has 1 N–H and O–H groups in total. The summed E-state index contributed by atoms with van der Waals surface area (Å²) in [5, 5.41) is 12.0. The van der Waals surface area contributed by atoms with Gasteiger partial charge in [-0.15, -0.1) is 10.2 Å². The summed E-state index contributed by atoms with van der Waals surface area (Å²) in [5.74, 6) is 1.63. The summed E-state index contributed by atoms with van der Waals surface area (Å²) < 4.78 is 16.4. The topological polar surface area (TPSA) is 82.6 Å². The lowest BCUT2D eigenvalue weighted by molar-refractivity contribution is -0.125. The molecule has 0 bridgehead atoms. The molecular weight excluding hydrogens is 354 g/mol. The third kappa shape index (κ3) is 3.31. The van der Waals surface area contributed by atoms with Crippen molar-refractivity contribution in [2.24, 2.45) is 0 Å². The number of ether oxygens (including phenoxy) is 3. The number of carbonyl (C=O) groups is 1. The number of benzene rings is 2.